The molecular formula is C14H15F2NO2. The van der Waals surface area contributed by atoms with Gasteiger partial charge in [0.1, 0.15) is 23.1 Å². The lowest BCUT2D eigenvalue weighted by atomic mass is 10.1. The number of halogens is 2. The fourth-order valence-corrected chi connectivity index (χ4v) is 1.77. The van der Waals surface area contributed by atoms with Crippen LogP contribution in [0.4, 0.5) is 8.78 Å². The van der Waals surface area contributed by atoms with E-state index in [0.717, 1.165) is 18.2 Å². The van der Waals surface area contributed by atoms with Gasteiger partial charge in [-0.15, -0.1) is 0 Å². The van der Waals surface area contributed by atoms with Crippen molar-refractivity contribution in [2.45, 2.75) is 25.5 Å². The standard InChI is InChI=1S/C14H15F2NO2/c1-2-12(17)14(13-4-3-5-18-13)19-11-7-9(15)6-10(16)8-11/h3-8,12,14H,2,17H2,1H3. The van der Waals surface area contributed by atoms with Crippen molar-refractivity contribution in [1.29, 1.82) is 0 Å². The highest BCUT2D eigenvalue weighted by molar-refractivity contribution is 5.25. The third kappa shape index (κ3) is 3.32. The third-order valence-corrected chi connectivity index (χ3v) is 2.78. The summed E-state index contributed by atoms with van der Waals surface area (Å²) in [5.41, 5.74) is 5.96. The Morgan fingerprint density at radius 1 is 1.26 bits per heavy atom. The highest BCUT2D eigenvalue weighted by atomic mass is 19.1. The van der Waals surface area contributed by atoms with Crippen molar-refractivity contribution in [3.8, 4) is 5.75 Å². The molecule has 19 heavy (non-hydrogen) atoms. The molecule has 0 saturated carbocycles. The number of ether oxygens (including phenoxy) is 1. The summed E-state index contributed by atoms with van der Waals surface area (Å²) < 4.78 is 37.1. The fraction of sp³-hybridized carbons (Fsp3) is 0.286. The summed E-state index contributed by atoms with van der Waals surface area (Å²) >= 11 is 0. The predicted octanol–water partition coefficient (Wildman–Crippen LogP) is 3.42. The van der Waals surface area contributed by atoms with E-state index in [1.807, 2.05) is 6.92 Å². The van der Waals surface area contributed by atoms with Gasteiger partial charge in [0, 0.05) is 24.2 Å². The van der Waals surface area contributed by atoms with Gasteiger partial charge in [-0.05, 0) is 18.6 Å². The molecule has 0 aliphatic rings. The third-order valence-electron chi connectivity index (χ3n) is 2.78. The van der Waals surface area contributed by atoms with Gasteiger partial charge in [-0.2, -0.15) is 0 Å². The van der Waals surface area contributed by atoms with Crippen molar-refractivity contribution in [1.82, 2.24) is 0 Å². The molecule has 2 N–H and O–H groups in total. The van der Waals surface area contributed by atoms with E-state index in [1.54, 1.807) is 12.1 Å². The first-order chi connectivity index (χ1) is 9.10. The molecule has 0 amide bonds. The molecule has 1 aromatic heterocycles. The Balaban J connectivity index is 2.25. The van der Waals surface area contributed by atoms with Gasteiger partial charge in [0.15, 0.2) is 6.10 Å². The maximum absolute atomic E-state index is 13.1. The van der Waals surface area contributed by atoms with E-state index in [9.17, 15) is 8.78 Å². The lowest BCUT2D eigenvalue weighted by Crippen LogP contribution is -2.31. The van der Waals surface area contributed by atoms with Crippen LogP contribution in [0.3, 0.4) is 0 Å². The highest BCUT2D eigenvalue weighted by Crippen LogP contribution is 2.27. The van der Waals surface area contributed by atoms with Crippen LogP contribution in [-0.4, -0.2) is 6.04 Å². The zero-order chi connectivity index (χ0) is 13.8. The molecule has 0 saturated heterocycles. The Bertz CT molecular complexity index is 508. The number of benzene rings is 1. The molecule has 0 spiro atoms. The van der Waals surface area contributed by atoms with E-state index in [1.165, 1.54) is 6.26 Å². The molecule has 2 atom stereocenters. The second-order valence-electron chi connectivity index (χ2n) is 4.23. The summed E-state index contributed by atoms with van der Waals surface area (Å²) in [5.74, 6) is -0.779. The van der Waals surface area contributed by atoms with Crippen LogP contribution < -0.4 is 10.5 Å². The predicted molar refractivity (Wildman–Crippen MR) is 66.7 cm³/mol. The Morgan fingerprint density at radius 3 is 2.47 bits per heavy atom. The smallest absolute Gasteiger partial charge is 0.171 e. The van der Waals surface area contributed by atoms with Gasteiger partial charge in [-0.3, -0.25) is 0 Å². The van der Waals surface area contributed by atoms with Gasteiger partial charge in [-0.25, -0.2) is 8.78 Å². The van der Waals surface area contributed by atoms with Crippen LogP contribution in [0.1, 0.15) is 25.2 Å². The largest absolute Gasteiger partial charge is 0.481 e. The van der Waals surface area contributed by atoms with Gasteiger partial charge in [0.25, 0.3) is 0 Å². The van der Waals surface area contributed by atoms with E-state index in [2.05, 4.69) is 0 Å². The molecule has 0 radical (unpaired) electrons. The molecule has 2 rings (SSSR count). The Kier molecular flexibility index (Phi) is 4.16. The second kappa shape index (κ2) is 5.84. The van der Waals surface area contributed by atoms with Gasteiger partial charge in [-0.1, -0.05) is 6.92 Å². The van der Waals surface area contributed by atoms with Crippen LogP contribution in [-0.2, 0) is 0 Å². The summed E-state index contributed by atoms with van der Waals surface area (Å²) in [6.07, 6.45) is 1.56. The first-order valence-electron chi connectivity index (χ1n) is 6.02. The minimum absolute atomic E-state index is 0.0859. The van der Waals surface area contributed by atoms with Crippen LogP contribution >= 0.6 is 0 Å². The summed E-state index contributed by atoms with van der Waals surface area (Å²) in [4.78, 5) is 0. The number of hydrogen-bond donors (Lipinski definition) is 1. The molecule has 0 fully saturated rings. The molecule has 2 aromatic rings. The van der Waals surface area contributed by atoms with E-state index in [-0.39, 0.29) is 11.8 Å². The molecule has 3 nitrogen and oxygen atoms in total. The minimum atomic E-state index is -0.696. The first kappa shape index (κ1) is 13.5. The van der Waals surface area contributed by atoms with Crippen LogP contribution in [0.15, 0.2) is 41.0 Å². The van der Waals surface area contributed by atoms with Crippen molar-refractivity contribution in [3.63, 3.8) is 0 Å². The molecule has 102 valence electrons. The fourth-order valence-electron chi connectivity index (χ4n) is 1.77. The molecule has 0 aliphatic carbocycles. The summed E-state index contributed by atoms with van der Waals surface area (Å²) in [7, 11) is 0. The zero-order valence-electron chi connectivity index (χ0n) is 10.5. The summed E-state index contributed by atoms with van der Waals surface area (Å²) in [6, 6.07) is 6.10. The lowest BCUT2D eigenvalue weighted by Gasteiger charge is -2.22. The van der Waals surface area contributed by atoms with Crippen LogP contribution in [0.25, 0.3) is 0 Å². The van der Waals surface area contributed by atoms with E-state index >= 15 is 0 Å². The van der Waals surface area contributed by atoms with E-state index in [4.69, 9.17) is 14.9 Å². The molecule has 1 aromatic carbocycles. The summed E-state index contributed by atoms with van der Waals surface area (Å²) in [5, 5.41) is 0. The van der Waals surface area contributed by atoms with Gasteiger partial charge < -0.3 is 14.9 Å². The van der Waals surface area contributed by atoms with Crippen molar-refractivity contribution >= 4 is 0 Å². The molecule has 2 unspecified atom stereocenters. The quantitative estimate of drug-likeness (QED) is 0.903. The van der Waals surface area contributed by atoms with Gasteiger partial charge in [0.05, 0.1) is 6.26 Å². The zero-order valence-corrected chi connectivity index (χ0v) is 10.5. The molecule has 0 bridgehead atoms. The Morgan fingerprint density at radius 2 is 1.95 bits per heavy atom. The monoisotopic (exact) mass is 267 g/mol. The van der Waals surface area contributed by atoms with Crippen LogP contribution in [0, 0.1) is 11.6 Å². The second-order valence-corrected chi connectivity index (χ2v) is 4.23. The molecular weight excluding hydrogens is 252 g/mol. The van der Waals surface area contributed by atoms with Gasteiger partial charge >= 0.3 is 0 Å². The topological polar surface area (TPSA) is 48.4 Å². The highest BCUT2D eigenvalue weighted by Gasteiger charge is 2.23. The maximum atomic E-state index is 13.1. The average molecular weight is 267 g/mol. The van der Waals surface area contributed by atoms with Crippen molar-refractivity contribution in [2.75, 3.05) is 0 Å². The SMILES string of the molecule is CCC(N)C(Oc1cc(F)cc(F)c1)c1ccco1. The number of rotatable bonds is 5. The van der Waals surface area contributed by atoms with Crippen LogP contribution in [0.2, 0.25) is 0 Å². The number of furan rings is 1. The van der Waals surface area contributed by atoms with Gasteiger partial charge in [0.2, 0.25) is 0 Å². The Labute approximate surface area is 110 Å². The van der Waals surface area contributed by atoms with Crippen molar-refractivity contribution < 1.29 is 17.9 Å². The molecule has 0 aliphatic heterocycles. The van der Waals surface area contributed by atoms with Crippen molar-refractivity contribution in [2.24, 2.45) is 5.73 Å². The first-order valence-corrected chi connectivity index (χ1v) is 6.02. The molecule has 1 heterocycles. The lowest BCUT2D eigenvalue weighted by molar-refractivity contribution is 0.143. The van der Waals surface area contributed by atoms with E-state index < -0.39 is 17.7 Å². The van der Waals surface area contributed by atoms with Crippen molar-refractivity contribution in [3.05, 3.63) is 54.0 Å². The normalized spacial score (nSPS) is 14.1. The number of hydrogen-bond acceptors (Lipinski definition) is 3. The minimum Gasteiger partial charge on any atom is -0.481 e. The molecule has 5 heteroatoms. The summed E-state index contributed by atoms with van der Waals surface area (Å²) in [6.45, 7) is 1.90. The van der Waals surface area contributed by atoms with E-state index in [0.29, 0.717) is 12.2 Å². The average Bonchev–Trinajstić information content (AvgIpc) is 2.87. The van der Waals surface area contributed by atoms with Crippen LogP contribution in [0.5, 0.6) is 5.75 Å². The number of nitrogens with two attached hydrogens (primary N) is 1. The maximum Gasteiger partial charge on any atom is 0.171 e. The Hall–Kier alpha value is -1.88.